The highest BCUT2D eigenvalue weighted by molar-refractivity contribution is 9.10. The Morgan fingerprint density at radius 1 is 1.05 bits per heavy atom. The molecular weight excluding hydrogens is 633 g/mol. The number of hydrogen-bond donors (Lipinski definition) is 1. The molecule has 4 aromatic rings. The maximum Gasteiger partial charge on any atom is 0.417 e. The average Bonchev–Trinajstić information content (AvgIpc) is 3.38. The summed E-state index contributed by atoms with van der Waals surface area (Å²) in [6, 6.07) is 16.6. The molecule has 0 amide bonds. The van der Waals surface area contributed by atoms with Gasteiger partial charge >= 0.3 is 6.18 Å². The summed E-state index contributed by atoms with van der Waals surface area (Å²) in [5, 5.41) is 12.5. The number of fused-ring (bicyclic) bond motifs is 1. The third kappa shape index (κ3) is 6.60. The molecule has 1 aliphatic heterocycles. The van der Waals surface area contributed by atoms with E-state index in [0.717, 1.165) is 48.6 Å². The minimum Gasteiger partial charge on any atom is -0.307 e. The Bertz CT molecular complexity index is 1660. The van der Waals surface area contributed by atoms with Gasteiger partial charge in [0, 0.05) is 48.8 Å². The van der Waals surface area contributed by atoms with Crippen LogP contribution in [0.5, 0.6) is 0 Å². The van der Waals surface area contributed by atoms with Gasteiger partial charge in [-0.05, 0) is 41.5 Å². The molecule has 3 aromatic carbocycles. The number of hydrogen-bond acceptors (Lipinski definition) is 6. The summed E-state index contributed by atoms with van der Waals surface area (Å²) in [6.45, 7) is 8.86. The van der Waals surface area contributed by atoms with Gasteiger partial charge < -0.3 is 5.32 Å². The number of halogens is 5. The van der Waals surface area contributed by atoms with Crippen LogP contribution in [0.25, 0.3) is 22.3 Å². The fraction of sp³-hybridized carbons (Fsp3) is 0.300. The van der Waals surface area contributed by atoms with Crippen LogP contribution in [-0.4, -0.2) is 58.1 Å². The Balaban J connectivity index is 1.46. The zero-order valence-electron chi connectivity index (χ0n) is 23.0. The first-order valence-corrected chi connectivity index (χ1v) is 14.7. The molecule has 0 aliphatic carbocycles. The fourth-order valence-electron chi connectivity index (χ4n) is 5.03. The average molecular weight is 662 g/mol. The van der Waals surface area contributed by atoms with Gasteiger partial charge in [-0.25, -0.2) is 15.0 Å². The van der Waals surface area contributed by atoms with Gasteiger partial charge in [0.1, 0.15) is 0 Å². The van der Waals surface area contributed by atoms with Gasteiger partial charge in [-0.2, -0.15) is 22.9 Å². The summed E-state index contributed by atoms with van der Waals surface area (Å²) in [4.78, 5) is 18.3. The number of rotatable bonds is 8. The number of nitrogens with zero attached hydrogens (tertiary/aromatic N) is 5. The zero-order valence-corrected chi connectivity index (χ0v) is 25.3. The van der Waals surface area contributed by atoms with E-state index in [0.29, 0.717) is 33.5 Å². The molecule has 1 saturated heterocycles. The zero-order chi connectivity index (χ0) is 30.0. The van der Waals surface area contributed by atoms with E-state index in [9.17, 15) is 18.0 Å². The highest BCUT2D eigenvalue weighted by Crippen LogP contribution is 2.35. The van der Waals surface area contributed by atoms with E-state index in [1.807, 2.05) is 24.3 Å². The van der Waals surface area contributed by atoms with Gasteiger partial charge in [0.2, 0.25) is 0 Å². The fourth-order valence-corrected chi connectivity index (χ4v) is 5.61. The molecule has 220 valence electrons. The summed E-state index contributed by atoms with van der Waals surface area (Å²) >= 11 is 9.14. The van der Waals surface area contributed by atoms with Crippen LogP contribution in [-0.2, 0) is 12.7 Å². The molecule has 2 heterocycles. The van der Waals surface area contributed by atoms with Crippen molar-refractivity contribution in [3.8, 4) is 11.4 Å². The number of nitrogens with one attached hydrogen (secondary N) is 1. The van der Waals surface area contributed by atoms with Crippen LogP contribution in [0.2, 0.25) is 5.02 Å². The Morgan fingerprint density at radius 3 is 2.38 bits per heavy atom. The van der Waals surface area contributed by atoms with Gasteiger partial charge in [-0.15, -0.1) is 0 Å². The molecule has 7 nitrogen and oxygen atoms in total. The molecule has 0 atom stereocenters. The van der Waals surface area contributed by atoms with Crippen molar-refractivity contribution < 1.29 is 13.2 Å². The predicted octanol–water partition coefficient (Wildman–Crippen LogP) is 6.41. The Labute approximate surface area is 254 Å². The lowest BCUT2D eigenvalue weighted by molar-refractivity contribution is -0.137. The van der Waals surface area contributed by atoms with Gasteiger partial charge in [0.15, 0.2) is 5.82 Å². The molecular formula is C30H29BrClF3N6O. The Morgan fingerprint density at radius 2 is 1.74 bits per heavy atom. The van der Waals surface area contributed by atoms with Crippen molar-refractivity contribution in [2.75, 3.05) is 26.2 Å². The van der Waals surface area contributed by atoms with Gasteiger partial charge in [0.05, 0.1) is 27.7 Å². The first kappa shape index (κ1) is 30.4. The monoisotopic (exact) mass is 660 g/mol. The quantitative estimate of drug-likeness (QED) is 0.221. The lowest BCUT2D eigenvalue weighted by Gasteiger charge is -2.24. The Hall–Kier alpha value is -3.09. The molecule has 42 heavy (non-hydrogen) atoms. The van der Waals surface area contributed by atoms with E-state index in [4.69, 9.17) is 16.6 Å². The third-order valence-electron chi connectivity index (χ3n) is 7.23. The number of alkyl halides is 3. The molecule has 0 radical (unpaired) electrons. The van der Waals surface area contributed by atoms with Crippen molar-refractivity contribution in [3.05, 3.63) is 97.2 Å². The second-order valence-corrected chi connectivity index (χ2v) is 11.3. The number of aromatic nitrogens is 2. The highest BCUT2D eigenvalue weighted by Gasteiger charge is 2.33. The second kappa shape index (κ2) is 12.6. The van der Waals surface area contributed by atoms with Crippen molar-refractivity contribution in [1.29, 1.82) is 0 Å². The first-order chi connectivity index (χ1) is 20.1. The maximum absolute atomic E-state index is 13.6. The molecule has 0 spiro atoms. The first-order valence-electron chi connectivity index (χ1n) is 13.5. The van der Waals surface area contributed by atoms with E-state index in [-0.39, 0.29) is 11.4 Å². The van der Waals surface area contributed by atoms with Crippen molar-refractivity contribution in [1.82, 2.24) is 25.0 Å². The molecule has 0 bridgehead atoms. The third-order valence-corrected chi connectivity index (χ3v) is 8.05. The van der Waals surface area contributed by atoms with Gasteiger partial charge in [-0.3, -0.25) is 4.79 Å². The molecule has 5 rings (SSSR count). The van der Waals surface area contributed by atoms with Crippen LogP contribution >= 0.6 is 27.5 Å². The summed E-state index contributed by atoms with van der Waals surface area (Å²) in [5.41, 5.74) is 0.886. The van der Waals surface area contributed by atoms with Crippen molar-refractivity contribution in [2.45, 2.75) is 32.6 Å². The molecule has 1 aromatic heterocycles. The van der Waals surface area contributed by atoms with Gasteiger partial charge in [0.25, 0.3) is 5.56 Å². The van der Waals surface area contributed by atoms with Crippen LogP contribution < -0.4 is 10.9 Å². The predicted molar refractivity (Wildman–Crippen MR) is 164 cm³/mol. The Kier molecular flexibility index (Phi) is 9.14. The van der Waals surface area contributed by atoms with E-state index in [1.165, 1.54) is 12.3 Å². The number of benzene rings is 3. The lowest BCUT2D eigenvalue weighted by atomic mass is 10.1. The van der Waals surface area contributed by atoms with Crippen molar-refractivity contribution in [3.63, 3.8) is 0 Å². The lowest BCUT2D eigenvalue weighted by Crippen LogP contribution is -2.35. The molecule has 1 N–H and O–H groups in total. The SMILES string of the molecule is CCN1CC(NCc2ccc(-c3nc4ccc(Br)cc4c(=O)n3/N=C/c3ccc(Cl)c(C(F)(F)F)c3)cc2)CN1CC. The van der Waals surface area contributed by atoms with E-state index >= 15 is 0 Å². The van der Waals surface area contributed by atoms with Crippen LogP contribution in [0, 0.1) is 0 Å². The van der Waals surface area contributed by atoms with Crippen molar-refractivity contribution >= 4 is 44.6 Å². The molecule has 0 saturated carbocycles. The standard InChI is InChI=1S/C30H29BrClF3N6O/c1-3-39-17-23(18-40(39)4-2)36-15-19-5-8-21(9-6-19)28-38-27-12-10-22(31)14-24(27)29(42)41(28)37-16-20-7-11-26(32)25(13-20)30(33,34)35/h5-14,16,23,36H,3-4,15,17-18H2,1-2H3/b37-16+. The van der Waals surface area contributed by atoms with Gasteiger partial charge in [-0.1, -0.05) is 71.7 Å². The molecule has 1 fully saturated rings. The molecule has 1 aliphatic rings. The second-order valence-electron chi connectivity index (χ2n) is 9.98. The van der Waals surface area contributed by atoms with Crippen molar-refractivity contribution in [2.24, 2.45) is 5.10 Å². The van der Waals surface area contributed by atoms with E-state index in [2.05, 4.69) is 50.2 Å². The summed E-state index contributed by atoms with van der Waals surface area (Å²) in [5.74, 6) is 0.267. The largest absolute Gasteiger partial charge is 0.417 e. The maximum atomic E-state index is 13.6. The van der Waals surface area contributed by atoms with Crippen LogP contribution in [0.4, 0.5) is 13.2 Å². The number of hydrazine groups is 1. The summed E-state index contributed by atoms with van der Waals surface area (Å²) < 4.78 is 42.0. The van der Waals surface area contributed by atoms with Crippen LogP contribution in [0.15, 0.2) is 75.0 Å². The topological polar surface area (TPSA) is 65.8 Å². The summed E-state index contributed by atoms with van der Waals surface area (Å²) in [6.07, 6.45) is -3.43. The smallest absolute Gasteiger partial charge is 0.307 e. The summed E-state index contributed by atoms with van der Waals surface area (Å²) in [7, 11) is 0. The van der Waals surface area contributed by atoms with E-state index in [1.54, 1.807) is 18.2 Å². The minimum atomic E-state index is -4.63. The van der Waals surface area contributed by atoms with Crippen LogP contribution in [0.1, 0.15) is 30.5 Å². The van der Waals surface area contributed by atoms with Crippen LogP contribution in [0.3, 0.4) is 0 Å². The molecule has 0 unspecified atom stereocenters. The van der Waals surface area contributed by atoms with E-state index < -0.39 is 22.3 Å². The number of likely N-dealkylation sites (N-methyl/N-ethyl adjacent to an activating group) is 2. The minimum absolute atomic E-state index is 0.135. The normalized spacial score (nSPS) is 15.4. The molecule has 12 heteroatoms. The highest BCUT2D eigenvalue weighted by atomic mass is 79.9.